The Labute approximate surface area is 208 Å². The predicted octanol–water partition coefficient (Wildman–Crippen LogP) is 4.27. The van der Waals surface area contributed by atoms with Crippen LogP contribution < -0.4 is 9.47 Å². The number of nitrogens with zero attached hydrogens (tertiary/aromatic N) is 3. The number of ether oxygens (including phenoxy) is 2. The summed E-state index contributed by atoms with van der Waals surface area (Å²) in [5, 5.41) is 0.812. The van der Waals surface area contributed by atoms with E-state index in [9.17, 15) is 9.59 Å². The van der Waals surface area contributed by atoms with Crippen molar-refractivity contribution < 1.29 is 19.1 Å². The average Bonchev–Trinajstić information content (AvgIpc) is 2.96. The molecular formula is C29H25N3O4. The number of para-hydroxylation sites is 1. The number of hydrogen-bond acceptors (Lipinski definition) is 5. The van der Waals surface area contributed by atoms with E-state index in [1.54, 1.807) is 0 Å². The Hall–Kier alpha value is -4.39. The molecule has 0 atom stereocenters. The Morgan fingerprint density at radius 2 is 1.36 bits per heavy atom. The second-order valence-electron chi connectivity index (χ2n) is 8.88. The summed E-state index contributed by atoms with van der Waals surface area (Å²) in [6, 6.07) is 24.5. The van der Waals surface area contributed by atoms with Gasteiger partial charge in [0.2, 0.25) is 0 Å². The van der Waals surface area contributed by atoms with Gasteiger partial charge in [0.1, 0.15) is 13.2 Å². The van der Waals surface area contributed by atoms with E-state index in [0.717, 1.165) is 16.5 Å². The molecule has 2 aliphatic heterocycles. The number of piperazine rings is 1. The molecular weight excluding hydrogens is 454 g/mol. The summed E-state index contributed by atoms with van der Waals surface area (Å²) < 4.78 is 11.4. The molecule has 0 saturated carbocycles. The third-order valence-electron chi connectivity index (χ3n) is 6.66. The number of benzene rings is 3. The highest BCUT2D eigenvalue weighted by atomic mass is 16.6. The van der Waals surface area contributed by atoms with E-state index in [2.05, 4.69) is 0 Å². The summed E-state index contributed by atoms with van der Waals surface area (Å²) in [6.45, 7) is 2.99. The van der Waals surface area contributed by atoms with E-state index in [1.807, 2.05) is 88.7 Å². The minimum absolute atomic E-state index is 0.00189. The monoisotopic (exact) mass is 479 g/mol. The van der Waals surface area contributed by atoms with Crippen molar-refractivity contribution in [1.82, 2.24) is 14.8 Å². The summed E-state index contributed by atoms with van der Waals surface area (Å²) >= 11 is 0. The molecule has 1 fully saturated rings. The Bertz CT molecular complexity index is 1450. The molecule has 0 unspecified atom stereocenters. The lowest BCUT2D eigenvalue weighted by Gasteiger charge is -2.35. The summed E-state index contributed by atoms with van der Waals surface area (Å²) in [5.74, 6) is 1.34. The highest BCUT2D eigenvalue weighted by Gasteiger charge is 2.27. The Kier molecular flexibility index (Phi) is 5.73. The van der Waals surface area contributed by atoms with Crippen LogP contribution in [-0.2, 0) is 0 Å². The van der Waals surface area contributed by atoms with Crippen molar-refractivity contribution >= 4 is 22.7 Å². The van der Waals surface area contributed by atoms with Gasteiger partial charge in [-0.3, -0.25) is 9.59 Å². The van der Waals surface area contributed by atoms with Crippen LogP contribution in [0, 0.1) is 0 Å². The van der Waals surface area contributed by atoms with Gasteiger partial charge in [-0.2, -0.15) is 0 Å². The number of carbonyl (C=O) groups is 2. The number of pyridine rings is 1. The lowest BCUT2D eigenvalue weighted by Crippen LogP contribution is -2.50. The maximum atomic E-state index is 13.7. The van der Waals surface area contributed by atoms with Crippen LogP contribution in [0.5, 0.6) is 11.5 Å². The van der Waals surface area contributed by atoms with E-state index < -0.39 is 0 Å². The molecule has 0 aliphatic carbocycles. The van der Waals surface area contributed by atoms with Crippen LogP contribution in [0.1, 0.15) is 20.7 Å². The standard InChI is InChI=1S/C29H25N3O4/c33-28(20-6-2-1-3-7-20)31-12-14-32(15-13-31)29(34)23-19-25(30-24-9-5-4-8-22(23)24)21-10-11-26-27(18-21)36-17-16-35-26/h1-11,18-19H,12-17H2. The molecule has 0 radical (unpaired) electrons. The van der Waals surface area contributed by atoms with Crippen LogP contribution >= 0.6 is 0 Å². The molecule has 2 amide bonds. The maximum absolute atomic E-state index is 13.7. The van der Waals surface area contributed by atoms with Crippen molar-refractivity contribution in [2.45, 2.75) is 0 Å². The van der Waals surface area contributed by atoms with Gasteiger partial charge in [0.15, 0.2) is 11.5 Å². The van der Waals surface area contributed by atoms with Crippen molar-refractivity contribution in [3.8, 4) is 22.8 Å². The number of carbonyl (C=O) groups excluding carboxylic acids is 2. The Balaban J connectivity index is 1.28. The highest BCUT2D eigenvalue weighted by molar-refractivity contribution is 6.07. The molecule has 7 nitrogen and oxygen atoms in total. The minimum Gasteiger partial charge on any atom is -0.486 e. The van der Waals surface area contributed by atoms with Crippen LogP contribution in [0.15, 0.2) is 78.9 Å². The van der Waals surface area contributed by atoms with E-state index in [-0.39, 0.29) is 11.8 Å². The average molecular weight is 480 g/mol. The fourth-order valence-electron chi connectivity index (χ4n) is 4.75. The molecule has 3 heterocycles. The largest absolute Gasteiger partial charge is 0.486 e. The first kappa shape index (κ1) is 22.1. The first-order valence-electron chi connectivity index (χ1n) is 12.1. The van der Waals surface area contributed by atoms with Gasteiger partial charge in [-0.1, -0.05) is 36.4 Å². The molecule has 6 rings (SSSR count). The molecule has 180 valence electrons. The zero-order valence-electron chi connectivity index (χ0n) is 19.7. The number of aromatic nitrogens is 1. The van der Waals surface area contributed by atoms with E-state index in [4.69, 9.17) is 14.5 Å². The maximum Gasteiger partial charge on any atom is 0.254 e. The first-order valence-corrected chi connectivity index (χ1v) is 12.1. The van der Waals surface area contributed by atoms with Crippen LogP contribution in [0.25, 0.3) is 22.2 Å². The molecule has 0 bridgehead atoms. The second-order valence-corrected chi connectivity index (χ2v) is 8.88. The zero-order valence-corrected chi connectivity index (χ0v) is 19.7. The van der Waals surface area contributed by atoms with Gasteiger partial charge in [-0.15, -0.1) is 0 Å². The smallest absolute Gasteiger partial charge is 0.254 e. The molecule has 2 aliphatic rings. The SMILES string of the molecule is O=C(c1ccccc1)N1CCN(C(=O)c2cc(-c3ccc4c(c3)OCCO4)nc3ccccc23)CC1. The van der Waals surface area contributed by atoms with Gasteiger partial charge >= 0.3 is 0 Å². The van der Waals surface area contributed by atoms with Gasteiger partial charge < -0.3 is 19.3 Å². The number of rotatable bonds is 3. The molecule has 4 aromatic rings. The second kappa shape index (κ2) is 9.34. The third kappa shape index (κ3) is 4.13. The summed E-state index contributed by atoms with van der Waals surface area (Å²) in [6.07, 6.45) is 0. The fraction of sp³-hybridized carbons (Fsp3) is 0.207. The van der Waals surface area contributed by atoms with Gasteiger partial charge in [-0.25, -0.2) is 4.98 Å². The molecule has 1 saturated heterocycles. The topological polar surface area (TPSA) is 72.0 Å². The number of amides is 2. The lowest BCUT2D eigenvalue weighted by atomic mass is 10.0. The zero-order chi connectivity index (χ0) is 24.5. The van der Waals surface area contributed by atoms with Crippen LogP contribution in [0.4, 0.5) is 0 Å². The summed E-state index contributed by atoms with van der Waals surface area (Å²) in [5.41, 5.74) is 3.59. The molecule has 0 spiro atoms. The van der Waals surface area contributed by atoms with Gasteiger partial charge in [0.05, 0.1) is 16.8 Å². The van der Waals surface area contributed by atoms with Gasteiger partial charge in [0.25, 0.3) is 11.8 Å². The molecule has 7 heteroatoms. The quantitative estimate of drug-likeness (QED) is 0.439. The Morgan fingerprint density at radius 1 is 0.694 bits per heavy atom. The van der Waals surface area contributed by atoms with Crippen molar-refractivity contribution in [2.75, 3.05) is 39.4 Å². The third-order valence-corrected chi connectivity index (χ3v) is 6.66. The van der Waals surface area contributed by atoms with Crippen molar-refractivity contribution in [3.05, 3.63) is 90.0 Å². The number of fused-ring (bicyclic) bond motifs is 2. The number of hydrogen-bond donors (Lipinski definition) is 0. The molecule has 36 heavy (non-hydrogen) atoms. The predicted molar refractivity (Wildman–Crippen MR) is 136 cm³/mol. The Morgan fingerprint density at radius 3 is 2.14 bits per heavy atom. The van der Waals surface area contributed by atoms with Gasteiger partial charge in [-0.05, 0) is 42.5 Å². The van der Waals surface area contributed by atoms with Crippen LogP contribution in [-0.4, -0.2) is 66.0 Å². The van der Waals surface area contributed by atoms with E-state index in [1.165, 1.54) is 0 Å². The van der Waals surface area contributed by atoms with E-state index >= 15 is 0 Å². The fourth-order valence-corrected chi connectivity index (χ4v) is 4.75. The normalized spacial score (nSPS) is 15.1. The summed E-state index contributed by atoms with van der Waals surface area (Å²) in [4.78, 5) is 35.0. The van der Waals surface area contributed by atoms with Crippen LogP contribution in [0.3, 0.4) is 0 Å². The van der Waals surface area contributed by atoms with E-state index in [0.29, 0.717) is 67.7 Å². The highest BCUT2D eigenvalue weighted by Crippen LogP contribution is 2.35. The molecule has 1 aromatic heterocycles. The lowest BCUT2D eigenvalue weighted by molar-refractivity contribution is 0.0536. The summed E-state index contributed by atoms with van der Waals surface area (Å²) in [7, 11) is 0. The van der Waals surface area contributed by atoms with Gasteiger partial charge in [0, 0.05) is 42.7 Å². The first-order chi connectivity index (χ1) is 17.7. The minimum atomic E-state index is -0.0563. The molecule has 3 aromatic carbocycles. The van der Waals surface area contributed by atoms with Crippen LogP contribution in [0.2, 0.25) is 0 Å². The van der Waals surface area contributed by atoms with Crippen molar-refractivity contribution in [2.24, 2.45) is 0 Å². The molecule has 0 N–H and O–H groups in total. The van der Waals surface area contributed by atoms with Crippen molar-refractivity contribution in [1.29, 1.82) is 0 Å². The van der Waals surface area contributed by atoms with Crippen molar-refractivity contribution in [3.63, 3.8) is 0 Å².